The second-order valence-corrected chi connectivity index (χ2v) is 5.45. The third-order valence-electron chi connectivity index (χ3n) is 4.17. The van der Waals surface area contributed by atoms with E-state index in [4.69, 9.17) is 0 Å². The molecule has 96 valence electrons. The van der Waals surface area contributed by atoms with E-state index >= 15 is 0 Å². The predicted octanol–water partition coefficient (Wildman–Crippen LogP) is 3.04. The Balaban J connectivity index is 1.89. The molecule has 1 heterocycles. The van der Waals surface area contributed by atoms with Crippen molar-refractivity contribution in [2.45, 2.75) is 58.0 Å². The van der Waals surface area contributed by atoms with Crippen molar-refractivity contribution in [2.75, 3.05) is 0 Å². The molecule has 1 aliphatic rings. The van der Waals surface area contributed by atoms with Crippen LogP contribution in [-0.2, 0) is 7.05 Å². The van der Waals surface area contributed by atoms with Gasteiger partial charge in [-0.1, -0.05) is 19.3 Å². The topological polar surface area (TPSA) is 29.9 Å². The number of aromatic nitrogens is 2. The number of hydrogen-bond acceptors (Lipinski definition) is 2. The minimum Gasteiger partial charge on any atom is -0.306 e. The highest BCUT2D eigenvalue weighted by atomic mass is 15.3. The number of rotatable bonds is 4. The molecule has 1 aliphatic carbocycles. The standard InChI is InChI=1S/C14H25N3/c1-11(13-7-5-4-6-8-13)16-12(2)14-9-10-15-17(14)3/h9-13,16H,4-8H2,1-3H3. The van der Waals surface area contributed by atoms with Gasteiger partial charge in [0.2, 0.25) is 0 Å². The third-order valence-corrected chi connectivity index (χ3v) is 4.17. The maximum atomic E-state index is 4.23. The Hall–Kier alpha value is -0.830. The van der Waals surface area contributed by atoms with Crippen molar-refractivity contribution in [2.24, 2.45) is 13.0 Å². The van der Waals surface area contributed by atoms with E-state index in [0.29, 0.717) is 12.1 Å². The second kappa shape index (κ2) is 5.67. The van der Waals surface area contributed by atoms with Gasteiger partial charge >= 0.3 is 0 Å². The van der Waals surface area contributed by atoms with Gasteiger partial charge in [-0.25, -0.2) is 0 Å². The number of hydrogen-bond donors (Lipinski definition) is 1. The lowest BCUT2D eigenvalue weighted by Crippen LogP contribution is -2.36. The monoisotopic (exact) mass is 235 g/mol. The molecule has 0 bridgehead atoms. The fourth-order valence-corrected chi connectivity index (χ4v) is 3.06. The molecular formula is C14H25N3. The largest absolute Gasteiger partial charge is 0.306 e. The van der Waals surface area contributed by atoms with Crippen molar-refractivity contribution in [3.05, 3.63) is 18.0 Å². The summed E-state index contributed by atoms with van der Waals surface area (Å²) in [5, 5.41) is 7.97. The lowest BCUT2D eigenvalue weighted by atomic mass is 9.84. The smallest absolute Gasteiger partial charge is 0.0547 e. The van der Waals surface area contributed by atoms with Gasteiger partial charge in [-0.2, -0.15) is 5.10 Å². The van der Waals surface area contributed by atoms with E-state index in [1.165, 1.54) is 37.8 Å². The third kappa shape index (κ3) is 3.09. The molecule has 1 aromatic rings. The summed E-state index contributed by atoms with van der Waals surface area (Å²) < 4.78 is 1.96. The Labute approximate surface area is 105 Å². The van der Waals surface area contributed by atoms with E-state index in [-0.39, 0.29) is 0 Å². The van der Waals surface area contributed by atoms with Gasteiger partial charge in [-0.05, 0) is 38.7 Å². The molecule has 0 radical (unpaired) electrons. The quantitative estimate of drug-likeness (QED) is 0.869. The lowest BCUT2D eigenvalue weighted by molar-refractivity contribution is 0.266. The fraction of sp³-hybridized carbons (Fsp3) is 0.786. The van der Waals surface area contributed by atoms with Crippen molar-refractivity contribution in [1.29, 1.82) is 0 Å². The van der Waals surface area contributed by atoms with Crippen LogP contribution in [-0.4, -0.2) is 15.8 Å². The molecule has 17 heavy (non-hydrogen) atoms. The van der Waals surface area contributed by atoms with Crippen LogP contribution >= 0.6 is 0 Å². The van der Waals surface area contributed by atoms with Gasteiger partial charge in [0.15, 0.2) is 0 Å². The molecule has 0 spiro atoms. The van der Waals surface area contributed by atoms with Crippen molar-refractivity contribution in [3.63, 3.8) is 0 Å². The molecule has 0 aliphatic heterocycles. The zero-order valence-corrected chi connectivity index (χ0v) is 11.3. The zero-order chi connectivity index (χ0) is 12.3. The molecule has 3 heteroatoms. The van der Waals surface area contributed by atoms with Crippen molar-refractivity contribution in [1.82, 2.24) is 15.1 Å². The van der Waals surface area contributed by atoms with Crippen LogP contribution in [0, 0.1) is 5.92 Å². The van der Waals surface area contributed by atoms with Gasteiger partial charge < -0.3 is 5.32 Å². The summed E-state index contributed by atoms with van der Waals surface area (Å²) in [4.78, 5) is 0. The van der Waals surface area contributed by atoms with Gasteiger partial charge in [-0.3, -0.25) is 4.68 Å². The summed E-state index contributed by atoms with van der Waals surface area (Å²) >= 11 is 0. The summed E-state index contributed by atoms with van der Waals surface area (Å²) in [6.45, 7) is 4.57. The fourth-order valence-electron chi connectivity index (χ4n) is 3.06. The molecule has 2 atom stereocenters. The lowest BCUT2D eigenvalue weighted by Gasteiger charge is -2.30. The van der Waals surface area contributed by atoms with Crippen LogP contribution in [0.3, 0.4) is 0 Å². The average Bonchev–Trinajstić information content (AvgIpc) is 2.76. The second-order valence-electron chi connectivity index (χ2n) is 5.45. The minimum absolute atomic E-state index is 0.388. The zero-order valence-electron chi connectivity index (χ0n) is 11.3. The van der Waals surface area contributed by atoms with Gasteiger partial charge in [0.25, 0.3) is 0 Å². The predicted molar refractivity (Wildman–Crippen MR) is 70.8 cm³/mol. The highest BCUT2D eigenvalue weighted by Gasteiger charge is 2.22. The highest BCUT2D eigenvalue weighted by Crippen LogP contribution is 2.27. The Kier molecular flexibility index (Phi) is 4.21. The van der Waals surface area contributed by atoms with E-state index in [9.17, 15) is 0 Å². The van der Waals surface area contributed by atoms with Crippen molar-refractivity contribution >= 4 is 0 Å². The Morgan fingerprint density at radius 2 is 2.00 bits per heavy atom. The van der Waals surface area contributed by atoms with Gasteiger partial charge in [0.1, 0.15) is 0 Å². The number of nitrogens with one attached hydrogen (secondary N) is 1. The van der Waals surface area contributed by atoms with Crippen LogP contribution in [0.2, 0.25) is 0 Å². The molecule has 0 saturated heterocycles. The molecular weight excluding hydrogens is 210 g/mol. The molecule has 1 saturated carbocycles. The first-order valence-corrected chi connectivity index (χ1v) is 6.92. The summed E-state index contributed by atoms with van der Waals surface area (Å²) in [7, 11) is 2.01. The maximum Gasteiger partial charge on any atom is 0.0547 e. The average molecular weight is 235 g/mol. The number of aryl methyl sites for hydroxylation is 1. The van der Waals surface area contributed by atoms with Crippen molar-refractivity contribution in [3.8, 4) is 0 Å². The molecule has 1 aromatic heterocycles. The van der Waals surface area contributed by atoms with Gasteiger partial charge in [0.05, 0.1) is 5.69 Å². The minimum atomic E-state index is 0.388. The SMILES string of the molecule is CC(NC(C)C1CCCCC1)c1ccnn1C. The molecule has 0 amide bonds. The molecule has 1 N–H and O–H groups in total. The first kappa shape index (κ1) is 12.6. The van der Waals surface area contributed by atoms with Crippen LogP contribution in [0.15, 0.2) is 12.3 Å². The normalized spacial score (nSPS) is 21.4. The van der Waals surface area contributed by atoms with E-state index in [0.717, 1.165) is 5.92 Å². The van der Waals surface area contributed by atoms with Gasteiger partial charge in [0, 0.05) is 25.3 Å². The Morgan fingerprint density at radius 1 is 1.29 bits per heavy atom. The first-order valence-electron chi connectivity index (χ1n) is 6.92. The molecule has 3 nitrogen and oxygen atoms in total. The van der Waals surface area contributed by atoms with Crippen LogP contribution in [0.25, 0.3) is 0 Å². The van der Waals surface area contributed by atoms with E-state index in [1.54, 1.807) is 0 Å². The van der Waals surface area contributed by atoms with Crippen LogP contribution in [0.5, 0.6) is 0 Å². The molecule has 0 aromatic carbocycles. The summed E-state index contributed by atoms with van der Waals surface area (Å²) in [6, 6.07) is 3.10. The summed E-state index contributed by atoms with van der Waals surface area (Å²) in [6.07, 6.45) is 8.92. The first-order chi connectivity index (χ1) is 8.18. The van der Waals surface area contributed by atoms with Crippen LogP contribution in [0.1, 0.15) is 57.7 Å². The Bertz CT molecular complexity index is 339. The van der Waals surface area contributed by atoms with Crippen LogP contribution in [0.4, 0.5) is 0 Å². The highest BCUT2D eigenvalue weighted by molar-refractivity contribution is 5.05. The number of nitrogens with zero attached hydrogens (tertiary/aromatic N) is 2. The van der Waals surface area contributed by atoms with E-state index < -0.39 is 0 Å². The van der Waals surface area contributed by atoms with E-state index in [2.05, 4.69) is 30.3 Å². The Morgan fingerprint density at radius 3 is 2.59 bits per heavy atom. The van der Waals surface area contributed by atoms with Crippen LogP contribution < -0.4 is 5.32 Å². The summed E-state index contributed by atoms with van der Waals surface area (Å²) in [5.74, 6) is 0.861. The van der Waals surface area contributed by atoms with E-state index in [1.807, 2.05) is 17.9 Å². The van der Waals surface area contributed by atoms with Gasteiger partial charge in [-0.15, -0.1) is 0 Å². The molecule has 2 unspecified atom stereocenters. The van der Waals surface area contributed by atoms with Crippen molar-refractivity contribution < 1.29 is 0 Å². The summed E-state index contributed by atoms with van der Waals surface area (Å²) in [5.41, 5.74) is 1.27. The molecule has 1 fully saturated rings. The molecule has 2 rings (SSSR count). The maximum absolute atomic E-state index is 4.23.